The molecular weight excluding hydrogens is 546 g/mol. The molecule has 42 heavy (non-hydrogen) atoms. The molecule has 8 heteroatoms. The molecule has 0 radical (unpaired) electrons. The van der Waals surface area contributed by atoms with Gasteiger partial charge in [0, 0.05) is 35.8 Å². The lowest BCUT2D eigenvalue weighted by Crippen LogP contribution is -2.45. The monoisotopic (exact) mass is 577 g/mol. The summed E-state index contributed by atoms with van der Waals surface area (Å²) >= 11 is 1.12. The molecule has 3 aromatic carbocycles. The molecule has 212 valence electrons. The number of benzene rings is 3. The number of nitroso groups, excluding NO2 is 1. The molecule has 1 fully saturated rings. The van der Waals surface area contributed by atoms with Gasteiger partial charge in [0.05, 0.1) is 0 Å². The van der Waals surface area contributed by atoms with Gasteiger partial charge in [-0.2, -0.15) is 0 Å². The lowest BCUT2D eigenvalue weighted by atomic mass is 9.80. The van der Waals surface area contributed by atoms with Crippen molar-refractivity contribution in [1.29, 1.82) is 0 Å². The number of hydrogen-bond acceptors (Lipinski definition) is 6. The Morgan fingerprint density at radius 2 is 1.79 bits per heavy atom. The van der Waals surface area contributed by atoms with Crippen molar-refractivity contribution in [2.75, 3.05) is 19.6 Å². The molecule has 0 spiro atoms. The number of carbonyl (C=O) groups excluding carboxylic acids is 2. The number of furan rings is 1. The summed E-state index contributed by atoms with van der Waals surface area (Å²) in [7, 11) is 0. The van der Waals surface area contributed by atoms with Gasteiger partial charge in [-0.1, -0.05) is 72.8 Å². The molecular formula is C34H31N3O4S. The molecule has 0 bridgehead atoms. The van der Waals surface area contributed by atoms with Crippen molar-refractivity contribution in [1.82, 2.24) is 10.2 Å². The van der Waals surface area contributed by atoms with Gasteiger partial charge in [0.1, 0.15) is 10.6 Å². The van der Waals surface area contributed by atoms with E-state index in [0.29, 0.717) is 30.3 Å². The lowest BCUT2D eigenvalue weighted by molar-refractivity contribution is 0.0627. The minimum atomic E-state index is -0.847. The third kappa shape index (κ3) is 5.55. The Labute approximate surface area is 248 Å². The van der Waals surface area contributed by atoms with Crippen molar-refractivity contribution in [3.63, 3.8) is 0 Å². The number of rotatable bonds is 8. The Kier molecular flexibility index (Phi) is 8.08. The summed E-state index contributed by atoms with van der Waals surface area (Å²) in [5.41, 5.74) is 2.96. The van der Waals surface area contributed by atoms with Gasteiger partial charge in [-0.3, -0.25) is 9.59 Å². The van der Waals surface area contributed by atoms with Crippen molar-refractivity contribution in [3.8, 4) is 11.3 Å². The Morgan fingerprint density at radius 1 is 1.00 bits per heavy atom. The highest BCUT2D eigenvalue weighted by Crippen LogP contribution is 2.35. The highest BCUT2D eigenvalue weighted by molar-refractivity contribution is 7.12. The number of piperidine rings is 1. The van der Waals surface area contributed by atoms with Crippen LogP contribution in [-0.4, -0.2) is 36.3 Å². The Morgan fingerprint density at radius 3 is 2.62 bits per heavy atom. The first kappa shape index (κ1) is 27.8. The quantitative estimate of drug-likeness (QED) is 0.191. The van der Waals surface area contributed by atoms with Gasteiger partial charge in [0.25, 0.3) is 5.91 Å². The number of nitrogens with zero attached hydrogens (tertiary/aromatic N) is 2. The maximum atomic E-state index is 13.6. The SMILES string of the molecule is C[C@@H](NCC1CCN(C(=O)c2ccc(-c3ccsc3C(=O)N=O)o2)CC1c1ccccc1)c1cccc2ccccc12. The van der Waals surface area contributed by atoms with Gasteiger partial charge in [0.2, 0.25) is 0 Å². The summed E-state index contributed by atoms with van der Waals surface area (Å²) < 4.78 is 5.92. The molecule has 1 N–H and O–H groups in total. The predicted molar refractivity (Wildman–Crippen MR) is 166 cm³/mol. The Hall–Kier alpha value is -4.40. The molecule has 0 aliphatic carbocycles. The largest absolute Gasteiger partial charge is 0.451 e. The van der Waals surface area contributed by atoms with Crippen LogP contribution >= 0.6 is 11.3 Å². The fourth-order valence-electron chi connectivity index (χ4n) is 6.04. The number of fused-ring (bicyclic) bond motifs is 1. The van der Waals surface area contributed by atoms with Crippen LogP contribution in [0.4, 0.5) is 0 Å². The van der Waals surface area contributed by atoms with E-state index in [9.17, 15) is 14.5 Å². The van der Waals surface area contributed by atoms with Gasteiger partial charge in [0.15, 0.2) is 5.76 Å². The Balaban J connectivity index is 1.18. The maximum absolute atomic E-state index is 13.6. The molecule has 2 unspecified atom stereocenters. The molecule has 1 saturated heterocycles. The molecule has 3 atom stereocenters. The first-order valence-corrected chi connectivity index (χ1v) is 15.0. The van der Waals surface area contributed by atoms with Gasteiger partial charge in [-0.05, 0) is 71.3 Å². The highest BCUT2D eigenvalue weighted by atomic mass is 32.1. The Bertz CT molecular complexity index is 1720. The minimum Gasteiger partial charge on any atom is -0.451 e. The van der Waals surface area contributed by atoms with Crippen LogP contribution in [0.25, 0.3) is 22.1 Å². The number of nitrogens with one attached hydrogen (secondary N) is 1. The molecule has 7 nitrogen and oxygen atoms in total. The van der Waals surface area contributed by atoms with E-state index in [2.05, 4.69) is 72.0 Å². The van der Waals surface area contributed by atoms with Crippen LogP contribution in [0.5, 0.6) is 0 Å². The van der Waals surface area contributed by atoms with Gasteiger partial charge in [-0.25, -0.2) is 0 Å². The molecule has 0 saturated carbocycles. The van der Waals surface area contributed by atoms with Crippen molar-refractivity contribution >= 4 is 33.9 Å². The molecule has 2 aromatic heterocycles. The second kappa shape index (κ2) is 12.2. The summed E-state index contributed by atoms with van der Waals surface area (Å²) in [6.07, 6.45) is 0.850. The second-order valence-corrected chi connectivity index (χ2v) is 11.7. The average Bonchev–Trinajstić information content (AvgIpc) is 3.73. The molecule has 1 aliphatic rings. The smallest absolute Gasteiger partial charge is 0.327 e. The average molecular weight is 578 g/mol. The van der Waals surface area contributed by atoms with E-state index in [1.807, 2.05) is 23.1 Å². The summed E-state index contributed by atoms with van der Waals surface area (Å²) in [6.45, 7) is 4.23. The first-order chi connectivity index (χ1) is 20.5. The fraction of sp³-hybridized carbons (Fsp3) is 0.235. The summed E-state index contributed by atoms with van der Waals surface area (Å²) in [6, 6.07) is 30.5. The van der Waals surface area contributed by atoms with E-state index in [-0.39, 0.29) is 28.5 Å². The standard InChI is InChI=1S/C34H31N3O4S/c1-22(26-13-7-11-23-10-5-6-12-27(23)26)35-20-25-16-18-37(21-29(25)24-8-3-2-4-9-24)34(39)31-15-14-30(41-31)28-17-19-42-32(28)33(38)36-40/h2-15,17,19,22,25,29,35H,16,18,20-21H2,1H3/t22-,25?,29?/m1/s1. The van der Waals surface area contributed by atoms with Crippen molar-refractivity contribution in [2.24, 2.45) is 11.1 Å². The zero-order chi connectivity index (χ0) is 29.1. The summed E-state index contributed by atoms with van der Waals surface area (Å²) in [5, 5.41) is 10.5. The minimum absolute atomic E-state index is 0.158. The topological polar surface area (TPSA) is 92.0 Å². The van der Waals surface area contributed by atoms with Crippen LogP contribution < -0.4 is 5.32 Å². The van der Waals surface area contributed by atoms with Crippen LogP contribution in [0, 0.1) is 10.8 Å². The van der Waals surface area contributed by atoms with E-state index < -0.39 is 5.91 Å². The van der Waals surface area contributed by atoms with Crippen LogP contribution in [0.1, 0.15) is 56.7 Å². The molecule has 5 aromatic rings. The zero-order valence-corrected chi connectivity index (χ0v) is 24.1. The van der Waals surface area contributed by atoms with E-state index in [1.165, 1.54) is 21.9 Å². The van der Waals surface area contributed by atoms with E-state index >= 15 is 0 Å². The maximum Gasteiger partial charge on any atom is 0.327 e. The third-order valence-electron chi connectivity index (χ3n) is 8.27. The highest BCUT2D eigenvalue weighted by Gasteiger charge is 2.34. The third-order valence-corrected chi connectivity index (χ3v) is 9.17. The number of thiophene rings is 1. The number of hydrogen-bond donors (Lipinski definition) is 1. The van der Waals surface area contributed by atoms with Gasteiger partial charge >= 0.3 is 5.91 Å². The second-order valence-electron chi connectivity index (χ2n) is 10.7. The summed E-state index contributed by atoms with van der Waals surface area (Å²) in [5.74, 6) is 0.0469. The summed E-state index contributed by atoms with van der Waals surface area (Å²) in [4.78, 5) is 38.4. The van der Waals surface area contributed by atoms with Gasteiger partial charge in [-0.15, -0.1) is 16.2 Å². The van der Waals surface area contributed by atoms with Crippen molar-refractivity contribution in [3.05, 3.63) is 123 Å². The van der Waals surface area contributed by atoms with E-state index in [1.54, 1.807) is 23.6 Å². The fourth-order valence-corrected chi connectivity index (χ4v) is 6.81. The van der Waals surface area contributed by atoms with E-state index in [0.717, 1.165) is 24.3 Å². The first-order valence-electron chi connectivity index (χ1n) is 14.1. The molecule has 1 aliphatic heterocycles. The lowest BCUT2D eigenvalue weighted by Gasteiger charge is -2.39. The van der Waals surface area contributed by atoms with Crippen molar-refractivity contribution in [2.45, 2.75) is 25.3 Å². The van der Waals surface area contributed by atoms with Gasteiger partial charge < -0.3 is 14.6 Å². The number of carbonyl (C=O) groups is 2. The van der Waals surface area contributed by atoms with Crippen LogP contribution in [-0.2, 0) is 0 Å². The van der Waals surface area contributed by atoms with Crippen LogP contribution in [0.15, 0.2) is 106 Å². The van der Waals surface area contributed by atoms with E-state index in [4.69, 9.17) is 4.42 Å². The normalized spacial score (nSPS) is 17.7. The molecule has 6 rings (SSSR count). The predicted octanol–water partition coefficient (Wildman–Crippen LogP) is 7.66. The van der Waals surface area contributed by atoms with Crippen molar-refractivity contribution < 1.29 is 14.0 Å². The number of amides is 2. The molecule has 2 amide bonds. The van der Waals surface area contributed by atoms with Crippen LogP contribution in [0.2, 0.25) is 0 Å². The van der Waals surface area contributed by atoms with Crippen LogP contribution in [0.3, 0.4) is 0 Å². The number of likely N-dealkylation sites (tertiary alicyclic amines) is 1. The zero-order valence-electron chi connectivity index (χ0n) is 23.2. The molecule has 3 heterocycles.